The third kappa shape index (κ3) is 2.70. The maximum atomic E-state index is 11.2. The molecule has 0 radical (unpaired) electrons. The molecule has 0 amide bonds. The number of sulfone groups is 1. The van der Waals surface area contributed by atoms with E-state index >= 15 is 0 Å². The molecule has 5 heteroatoms. The lowest BCUT2D eigenvalue weighted by molar-refractivity contribution is 0.457. The molecule has 0 aliphatic carbocycles. The standard InChI is InChI=1S/C10H15NO3S/c1-7(6-11)8-3-4-10(9(12)5-8)15(2,13)14/h3-5,7,12H,6,11H2,1-2H3. The minimum atomic E-state index is -3.36. The Morgan fingerprint density at radius 3 is 2.47 bits per heavy atom. The molecule has 1 aromatic carbocycles. The van der Waals surface area contributed by atoms with E-state index in [0.717, 1.165) is 11.8 Å². The first-order valence-electron chi connectivity index (χ1n) is 4.59. The van der Waals surface area contributed by atoms with Gasteiger partial charge in [0.2, 0.25) is 0 Å². The third-order valence-corrected chi connectivity index (χ3v) is 3.45. The van der Waals surface area contributed by atoms with E-state index in [1.165, 1.54) is 12.1 Å². The lowest BCUT2D eigenvalue weighted by Gasteiger charge is -2.10. The molecule has 0 heterocycles. The predicted molar refractivity (Wildman–Crippen MR) is 58.7 cm³/mol. The molecular weight excluding hydrogens is 214 g/mol. The summed E-state index contributed by atoms with van der Waals surface area (Å²) < 4.78 is 22.4. The smallest absolute Gasteiger partial charge is 0.179 e. The van der Waals surface area contributed by atoms with E-state index in [2.05, 4.69) is 0 Å². The van der Waals surface area contributed by atoms with Gasteiger partial charge < -0.3 is 10.8 Å². The van der Waals surface area contributed by atoms with Crippen LogP contribution in [0.3, 0.4) is 0 Å². The van der Waals surface area contributed by atoms with Crippen LogP contribution in [0, 0.1) is 0 Å². The van der Waals surface area contributed by atoms with Crippen LogP contribution in [0.4, 0.5) is 0 Å². The molecule has 3 N–H and O–H groups in total. The number of hydrogen-bond donors (Lipinski definition) is 2. The van der Waals surface area contributed by atoms with Crippen molar-refractivity contribution in [1.29, 1.82) is 0 Å². The van der Waals surface area contributed by atoms with E-state index in [-0.39, 0.29) is 16.6 Å². The van der Waals surface area contributed by atoms with Gasteiger partial charge in [0.25, 0.3) is 0 Å². The van der Waals surface area contributed by atoms with E-state index in [1.54, 1.807) is 6.07 Å². The highest BCUT2D eigenvalue weighted by Crippen LogP contribution is 2.26. The quantitative estimate of drug-likeness (QED) is 0.805. The van der Waals surface area contributed by atoms with Gasteiger partial charge in [0, 0.05) is 6.26 Å². The van der Waals surface area contributed by atoms with Gasteiger partial charge in [-0.05, 0) is 30.2 Å². The van der Waals surface area contributed by atoms with Crippen molar-refractivity contribution in [3.63, 3.8) is 0 Å². The van der Waals surface area contributed by atoms with Crippen LogP contribution < -0.4 is 5.73 Å². The van der Waals surface area contributed by atoms with Gasteiger partial charge in [0.1, 0.15) is 10.6 Å². The van der Waals surface area contributed by atoms with Crippen LogP contribution >= 0.6 is 0 Å². The average Bonchev–Trinajstić information content (AvgIpc) is 2.14. The highest BCUT2D eigenvalue weighted by Gasteiger charge is 2.14. The van der Waals surface area contributed by atoms with Gasteiger partial charge in [0.05, 0.1) is 0 Å². The topological polar surface area (TPSA) is 80.4 Å². The molecule has 1 rings (SSSR count). The summed E-state index contributed by atoms with van der Waals surface area (Å²) in [4.78, 5) is -0.0459. The maximum absolute atomic E-state index is 11.2. The molecule has 4 nitrogen and oxygen atoms in total. The van der Waals surface area contributed by atoms with Crippen LogP contribution in [0.1, 0.15) is 18.4 Å². The van der Waals surface area contributed by atoms with Gasteiger partial charge in [0.15, 0.2) is 9.84 Å². The zero-order chi connectivity index (χ0) is 11.6. The lowest BCUT2D eigenvalue weighted by Crippen LogP contribution is -2.09. The van der Waals surface area contributed by atoms with Crippen molar-refractivity contribution in [3.8, 4) is 5.75 Å². The summed E-state index contributed by atoms with van der Waals surface area (Å²) in [5.74, 6) is -0.111. The second kappa shape index (κ2) is 4.20. The molecule has 1 aromatic rings. The predicted octanol–water partition coefficient (Wildman–Crippen LogP) is 0.858. The number of phenolic OH excluding ortho intramolecular Hbond substituents is 1. The van der Waals surface area contributed by atoms with Gasteiger partial charge in [-0.25, -0.2) is 8.42 Å². The van der Waals surface area contributed by atoms with E-state index in [0.29, 0.717) is 6.54 Å². The van der Waals surface area contributed by atoms with Gasteiger partial charge in [-0.2, -0.15) is 0 Å². The molecule has 0 saturated carbocycles. The Morgan fingerprint density at radius 1 is 1.47 bits per heavy atom. The Labute approximate surface area is 89.7 Å². The Hall–Kier alpha value is -1.07. The molecule has 0 aliphatic heterocycles. The summed E-state index contributed by atoms with van der Waals surface area (Å²) in [5, 5.41) is 9.55. The number of nitrogens with two attached hydrogens (primary N) is 1. The number of phenols is 1. The summed E-state index contributed by atoms with van der Waals surface area (Å²) in [7, 11) is -3.36. The summed E-state index contributed by atoms with van der Waals surface area (Å²) in [6, 6.07) is 4.54. The summed E-state index contributed by atoms with van der Waals surface area (Å²) in [6.07, 6.45) is 1.06. The number of rotatable bonds is 3. The number of benzene rings is 1. The van der Waals surface area contributed by atoms with Gasteiger partial charge in [-0.1, -0.05) is 13.0 Å². The van der Waals surface area contributed by atoms with Crippen molar-refractivity contribution in [2.24, 2.45) is 5.73 Å². The van der Waals surface area contributed by atoms with Crippen LogP contribution in [-0.4, -0.2) is 26.3 Å². The molecule has 0 aliphatic rings. The van der Waals surface area contributed by atoms with Crippen molar-refractivity contribution in [3.05, 3.63) is 23.8 Å². The fourth-order valence-electron chi connectivity index (χ4n) is 1.29. The first-order chi connectivity index (χ1) is 6.86. The van der Waals surface area contributed by atoms with Gasteiger partial charge in [-0.3, -0.25) is 0 Å². The van der Waals surface area contributed by atoms with Crippen LogP contribution in [0.5, 0.6) is 5.75 Å². The molecule has 0 fully saturated rings. The Morgan fingerprint density at radius 2 is 2.07 bits per heavy atom. The highest BCUT2D eigenvalue weighted by atomic mass is 32.2. The first kappa shape index (κ1) is 12.0. The molecule has 1 atom stereocenters. The van der Waals surface area contributed by atoms with E-state index in [1.807, 2.05) is 6.92 Å². The van der Waals surface area contributed by atoms with Crippen LogP contribution in [-0.2, 0) is 9.84 Å². The normalized spacial score (nSPS) is 13.8. The monoisotopic (exact) mass is 229 g/mol. The zero-order valence-electron chi connectivity index (χ0n) is 8.77. The summed E-state index contributed by atoms with van der Waals surface area (Å²) in [6.45, 7) is 2.37. The molecule has 0 aromatic heterocycles. The number of hydrogen-bond acceptors (Lipinski definition) is 4. The first-order valence-corrected chi connectivity index (χ1v) is 6.48. The van der Waals surface area contributed by atoms with E-state index in [4.69, 9.17) is 5.73 Å². The highest BCUT2D eigenvalue weighted by molar-refractivity contribution is 7.90. The molecule has 84 valence electrons. The molecule has 1 unspecified atom stereocenters. The Balaban J connectivity index is 3.21. The van der Waals surface area contributed by atoms with Crippen molar-refractivity contribution >= 4 is 9.84 Å². The minimum absolute atomic E-state index is 0.0459. The van der Waals surface area contributed by atoms with Crippen LogP contribution in [0.15, 0.2) is 23.1 Å². The fourth-order valence-corrected chi connectivity index (χ4v) is 2.04. The fraction of sp³-hybridized carbons (Fsp3) is 0.400. The van der Waals surface area contributed by atoms with E-state index in [9.17, 15) is 13.5 Å². The summed E-state index contributed by atoms with van der Waals surface area (Å²) >= 11 is 0. The summed E-state index contributed by atoms with van der Waals surface area (Å²) in [5.41, 5.74) is 6.31. The third-order valence-electron chi connectivity index (χ3n) is 2.31. The minimum Gasteiger partial charge on any atom is -0.507 e. The number of aromatic hydroxyl groups is 1. The second-order valence-corrected chi connectivity index (χ2v) is 5.62. The molecule has 0 spiro atoms. The maximum Gasteiger partial charge on any atom is 0.179 e. The zero-order valence-corrected chi connectivity index (χ0v) is 9.58. The second-order valence-electron chi connectivity index (χ2n) is 3.64. The molecular formula is C10H15NO3S. The molecule has 15 heavy (non-hydrogen) atoms. The van der Waals surface area contributed by atoms with Gasteiger partial charge in [-0.15, -0.1) is 0 Å². The van der Waals surface area contributed by atoms with Crippen molar-refractivity contribution in [2.45, 2.75) is 17.7 Å². The molecule has 0 saturated heterocycles. The Kier molecular flexibility index (Phi) is 3.36. The average molecular weight is 229 g/mol. The van der Waals surface area contributed by atoms with E-state index < -0.39 is 9.84 Å². The Bertz CT molecular complexity index is 454. The largest absolute Gasteiger partial charge is 0.507 e. The molecule has 0 bridgehead atoms. The van der Waals surface area contributed by atoms with Crippen molar-refractivity contribution in [2.75, 3.05) is 12.8 Å². The van der Waals surface area contributed by atoms with Crippen molar-refractivity contribution < 1.29 is 13.5 Å². The lowest BCUT2D eigenvalue weighted by atomic mass is 10.0. The van der Waals surface area contributed by atoms with Gasteiger partial charge >= 0.3 is 0 Å². The SMILES string of the molecule is CC(CN)c1ccc(S(C)(=O)=O)c(O)c1. The van der Waals surface area contributed by atoms with Crippen molar-refractivity contribution in [1.82, 2.24) is 0 Å². The van der Waals surface area contributed by atoms with Crippen LogP contribution in [0.25, 0.3) is 0 Å². The van der Waals surface area contributed by atoms with Crippen LogP contribution in [0.2, 0.25) is 0 Å².